The SMILES string of the molecule is CC(C)(C)Nc1c(-c2ccc(C#Cc3nccs3)s2)nc2cccnn12.Cl. The second-order valence-electron chi connectivity index (χ2n) is 6.73. The molecule has 8 heteroatoms. The van der Waals surface area contributed by atoms with Crippen LogP contribution in [-0.2, 0) is 0 Å². The van der Waals surface area contributed by atoms with Crippen molar-refractivity contribution < 1.29 is 0 Å². The Morgan fingerprint density at radius 3 is 2.70 bits per heavy atom. The summed E-state index contributed by atoms with van der Waals surface area (Å²) in [5.74, 6) is 7.18. The van der Waals surface area contributed by atoms with Gasteiger partial charge < -0.3 is 5.32 Å². The van der Waals surface area contributed by atoms with E-state index in [1.165, 1.54) is 0 Å². The number of thiophene rings is 1. The molecule has 0 saturated heterocycles. The second-order valence-corrected chi connectivity index (χ2v) is 8.71. The summed E-state index contributed by atoms with van der Waals surface area (Å²) in [5.41, 5.74) is 1.61. The van der Waals surface area contributed by atoms with Gasteiger partial charge in [-0.15, -0.1) is 35.1 Å². The first-order valence-electron chi connectivity index (χ1n) is 8.13. The van der Waals surface area contributed by atoms with E-state index in [0.717, 1.165) is 31.9 Å². The van der Waals surface area contributed by atoms with E-state index in [2.05, 4.69) is 54.1 Å². The highest BCUT2D eigenvalue weighted by Gasteiger charge is 2.20. The fourth-order valence-corrected chi connectivity index (χ4v) is 3.79. The average Bonchev–Trinajstić information content (AvgIpc) is 3.32. The van der Waals surface area contributed by atoms with Crippen LogP contribution in [0.2, 0.25) is 0 Å². The van der Waals surface area contributed by atoms with E-state index in [1.54, 1.807) is 35.1 Å². The minimum atomic E-state index is -0.104. The highest BCUT2D eigenvalue weighted by Crippen LogP contribution is 2.34. The molecule has 4 aromatic heterocycles. The Balaban J connectivity index is 0.00000210. The van der Waals surface area contributed by atoms with Crippen molar-refractivity contribution in [1.29, 1.82) is 0 Å². The van der Waals surface area contributed by atoms with Crippen LogP contribution in [0.25, 0.3) is 16.2 Å². The number of nitrogens with one attached hydrogen (secondary N) is 1. The number of fused-ring (bicyclic) bond motifs is 1. The minimum absolute atomic E-state index is 0. The third-order valence-electron chi connectivity index (χ3n) is 3.45. The first-order valence-corrected chi connectivity index (χ1v) is 9.83. The van der Waals surface area contributed by atoms with Gasteiger partial charge in [0.1, 0.15) is 5.69 Å². The minimum Gasteiger partial charge on any atom is -0.364 e. The van der Waals surface area contributed by atoms with Crippen LogP contribution in [0.1, 0.15) is 30.7 Å². The molecule has 0 unspecified atom stereocenters. The smallest absolute Gasteiger partial charge is 0.167 e. The zero-order valence-corrected chi connectivity index (χ0v) is 17.5. The van der Waals surface area contributed by atoms with E-state index in [4.69, 9.17) is 4.98 Å². The molecule has 138 valence electrons. The Labute approximate surface area is 171 Å². The molecule has 0 amide bonds. The zero-order chi connectivity index (χ0) is 18.1. The Bertz CT molecular complexity index is 1110. The van der Waals surface area contributed by atoms with Crippen LogP contribution in [0.4, 0.5) is 5.82 Å². The van der Waals surface area contributed by atoms with E-state index in [1.807, 2.05) is 28.1 Å². The summed E-state index contributed by atoms with van der Waals surface area (Å²) in [7, 11) is 0. The summed E-state index contributed by atoms with van der Waals surface area (Å²) in [5, 5.41) is 10.7. The molecule has 27 heavy (non-hydrogen) atoms. The van der Waals surface area contributed by atoms with Crippen LogP contribution in [-0.4, -0.2) is 25.1 Å². The zero-order valence-electron chi connectivity index (χ0n) is 15.1. The van der Waals surface area contributed by atoms with Crippen LogP contribution in [0.15, 0.2) is 42.0 Å². The average molecular weight is 416 g/mol. The van der Waals surface area contributed by atoms with E-state index in [9.17, 15) is 0 Å². The number of aromatic nitrogens is 4. The molecule has 0 saturated carbocycles. The Morgan fingerprint density at radius 2 is 1.96 bits per heavy atom. The fraction of sp³-hybridized carbons (Fsp3) is 0.211. The quantitative estimate of drug-likeness (QED) is 0.471. The molecule has 4 heterocycles. The molecule has 0 fully saturated rings. The topological polar surface area (TPSA) is 55.1 Å². The number of thiazole rings is 1. The molecule has 4 rings (SSSR count). The lowest BCUT2D eigenvalue weighted by Crippen LogP contribution is -2.27. The summed E-state index contributed by atoms with van der Waals surface area (Å²) >= 11 is 3.17. The van der Waals surface area contributed by atoms with E-state index < -0.39 is 0 Å². The molecule has 0 aliphatic carbocycles. The summed E-state index contributed by atoms with van der Waals surface area (Å²) in [4.78, 5) is 11.0. The van der Waals surface area contributed by atoms with Gasteiger partial charge >= 0.3 is 0 Å². The lowest BCUT2D eigenvalue weighted by Gasteiger charge is -2.21. The van der Waals surface area contributed by atoms with Gasteiger partial charge in [-0.3, -0.25) is 0 Å². The van der Waals surface area contributed by atoms with Crippen LogP contribution in [0.3, 0.4) is 0 Å². The van der Waals surface area contributed by atoms with Gasteiger partial charge in [0.05, 0.1) is 9.75 Å². The molecule has 4 aromatic rings. The molecular formula is C19H18ClN5S2. The lowest BCUT2D eigenvalue weighted by molar-refractivity contribution is 0.626. The maximum absolute atomic E-state index is 4.78. The van der Waals surface area contributed by atoms with Crippen molar-refractivity contribution in [2.45, 2.75) is 26.3 Å². The predicted molar refractivity (Wildman–Crippen MR) is 115 cm³/mol. The Morgan fingerprint density at radius 1 is 1.11 bits per heavy atom. The van der Waals surface area contributed by atoms with Gasteiger partial charge in [-0.2, -0.15) is 9.61 Å². The van der Waals surface area contributed by atoms with Gasteiger partial charge in [0.2, 0.25) is 0 Å². The largest absolute Gasteiger partial charge is 0.364 e. The van der Waals surface area contributed by atoms with Crippen molar-refractivity contribution >= 4 is 46.5 Å². The molecule has 1 N–H and O–H groups in total. The maximum atomic E-state index is 4.78. The van der Waals surface area contributed by atoms with Gasteiger partial charge in [0.25, 0.3) is 0 Å². The highest BCUT2D eigenvalue weighted by molar-refractivity contribution is 7.16. The van der Waals surface area contributed by atoms with E-state index in [-0.39, 0.29) is 17.9 Å². The number of imidazole rings is 1. The number of nitrogens with zero attached hydrogens (tertiary/aromatic N) is 4. The molecule has 0 atom stereocenters. The van der Waals surface area contributed by atoms with Gasteiger partial charge in [0.15, 0.2) is 16.5 Å². The Hall–Kier alpha value is -2.40. The van der Waals surface area contributed by atoms with Crippen molar-refractivity contribution in [2.75, 3.05) is 5.32 Å². The number of hydrogen-bond donors (Lipinski definition) is 1. The summed E-state index contributed by atoms with van der Waals surface area (Å²) < 4.78 is 1.85. The van der Waals surface area contributed by atoms with Crippen molar-refractivity contribution in [3.8, 4) is 22.4 Å². The molecule has 0 aromatic carbocycles. The summed E-state index contributed by atoms with van der Waals surface area (Å²) in [6, 6.07) is 7.94. The normalized spacial score (nSPS) is 10.9. The molecular weight excluding hydrogens is 398 g/mol. The fourth-order valence-electron chi connectivity index (χ4n) is 2.46. The summed E-state index contributed by atoms with van der Waals surface area (Å²) in [6.07, 6.45) is 3.54. The second kappa shape index (κ2) is 7.69. The molecule has 0 bridgehead atoms. The van der Waals surface area contributed by atoms with E-state index >= 15 is 0 Å². The van der Waals surface area contributed by atoms with E-state index in [0.29, 0.717) is 0 Å². The lowest BCUT2D eigenvalue weighted by atomic mass is 10.1. The van der Waals surface area contributed by atoms with Crippen molar-refractivity contribution in [2.24, 2.45) is 0 Å². The van der Waals surface area contributed by atoms with Crippen molar-refractivity contribution in [3.05, 3.63) is 51.9 Å². The van der Waals surface area contributed by atoms with Crippen LogP contribution in [0.5, 0.6) is 0 Å². The van der Waals surface area contributed by atoms with Gasteiger partial charge in [0, 0.05) is 23.3 Å². The molecule has 0 aliphatic rings. The first kappa shape index (κ1) is 19.4. The highest BCUT2D eigenvalue weighted by atomic mass is 35.5. The molecule has 5 nitrogen and oxygen atoms in total. The standard InChI is InChI=1S/C19H17N5S2.ClH/c1-19(2,3)23-18-17(22-15-5-4-10-21-24(15)18)14-8-6-13(26-14)7-9-16-20-11-12-25-16;/h4-6,8,10-12,23H,1-3H3;1H. The van der Waals surface area contributed by atoms with Crippen molar-refractivity contribution in [1.82, 2.24) is 19.6 Å². The third kappa shape index (κ3) is 4.30. The number of hydrogen-bond acceptors (Lipinski definition) is 6. The molecule has 0 radical (unpaired) electrons. The van der Waals surface area contributed by atoms with Gasteiger partial charge in [-0.25, -0.2) is 9.97 Å². The van der Waals surface area contributed by atoms with Crippen LogP contribution >= 0.6 is 35.1 Å². The Kier molecular flexibility index (Phi) is 5.51. The predicted octanol–water partition coefficient (Wildman–Crippen LogP) is 4.95. The van der Waals surface area contributed by atoms with Crippen LogP contribution < -0.4 is 5.32 Å². The number of anilines is 1. The third-order valence-corrected chi connectivity index (χ3v) is 5.15. The number of halogens is 1. The van der Waals surface area contributed by atoms with Gasteiger partial charge in [-0.05, 0) is 56.9 Å². The van der Waals surface area contributed by atoms with Crippen LogP contribution in [0, 0.1) is 11.8 Å². The number of rotatable bonds is 2. The maximum Gasteiger partial charge on any atom is 0.167 e. The first-order chi connectivity index (χ1) is 12.5. The monoisotopic (exact) mass is 415 g/mol. The molecule has 0 spiro atoms. The van der Waals surface area contributed by atoms with Crippen molar-refractivity contribution in [3.63, 3.8) is 0 Å². The molecule has 0 aliphatic heterocycles. The van der Waals surface area contributed by atoms with Gasteiger partial charge in [-0.1, -0.05) is 0 Å². The summed E-state index contributed by atoms with van der Waals surface area (Å²) in [6.45, 7) is 6.37.